The van der Waals surface area contributed by atoms with Gasteiger partial charge >= 0.3 is 0 Å². The molecule has 2 aromatic carbocycles. The Kier molecular flexibility index (Phi) is 2.51. The number of hydrogen-bond acceptors (Lipinski definition) is 0. The van der Waals surface area contributed by atoms with E-state index in [4.69, 9.17) is 0 Å². The van der Waals surface area contributed by atoms with E-state index in [1.807, 2.05) is 12.3 Å². The molecule has 0 bridgehead atoms. The van der Waals surface area contributed by atoms with Crippen LogP contribution in [0, 0.1) is 0 Å². The van der Waals surface area contributed by atoms with E-state index < -0.39 is 0 Å². The largest absolute Gasteiger partial charge is 0.361 e. The maximum Gasteiger partial charge on any atom is 0.0527 e. The minimum Gasteiger partial charge on any atom is -0.361 e. The number of aromatic nitrogens is 1. The van der Waals surface area contributed by atoms with E-state index in [0.29, 0.717) is 0 Å². The highest BCUT2D eigenvalue weighted by Gasteiger charge is 1.97. The van der Waals surface area contributed by atoms with Crippen LogP contribution < -0.4 is 0 Å². The summed E-state index contributed by atoms with van der Waals surface area (Å²) in [5, 5.41) is 1.25. The molecule has 0 aliphatic heterocycles. The lowest BCUT2D eigenvalue weighted by Crippen LogP contribution is -1.76. The molecule has 1 nitrogen and oxygen atoms in total. The molecule has 3 aromatic rings. The van der Waals surface area contributed by atoms with Gasteiger partial charge in [0.15, 0.2) is 0 Å². The summed E-state index contributed by atoms with van der Waals surface area (Å²) >= 11 is 0. The topological polar surface area (TPSA) is 15.8 Å². The molecule has 82 valence electrons. The SMILES string of the molecule is C(=Cc1cccc2cc[nH]c12)c1ccccc1. The molecule has 0 aliphatic carbocycles. The Morgan fingerprint density at radius 3 is 2.53 bits per heavy atom. The number of fused-ring (bicyclic) bond motifs is 1. The van der Waals surface area contributed by atoms with Gasteiger partial charge < -0.3 is 4.98 Å². The standard InChI is InChI=1S/C16H13N/c1-2-5-13(6-3-1)9-10-14-7-4-8-15-11-12-17-16(14)15/h1-12,17H. The Bertz CT molecular complexity index is 647. The number of benzene rings is 2. The maximum atomic E-state index is 3.27. The van der Waals surface area contributed by atoms with E-state index in [1.54, 1.807) is 0 Å². The zero-order chi connectivity index (χ0) is 11.5. The second kappa shape index (κ2) is 4.30. The molecule has 0 radical (unpaired) electrons. The highest BCUT2D eigenvalue weighted by molar-refractivity contribution is 5.90. The maximum absolute atomic E-state index is 3.27. The zero-order valence-corrected chi connectivity index (χ0v) is 9.43. The van der Waals surface area contributed by atoms with Crippen molar-refractivity contribution in [2.75, 3.05) is 0 Å². The minimum absolute atomic E-state index is 1.19. The van der Waals surface area contributed by atoms with E-state index in [1.165, 1.54) is 22.0 Å². The van der Waals surface area contributed by atoms with Crippen molar-refractivity contribution < 1.29 is 0 Å². The van der Waals surface area contributed by atoms with E-state index in [9.17, 15) is 0 Å². The van der Waals surface area contributed by atoms with Crippen molar-refractivity contribution in [1.82, 2.24) is 4.98 Å². The van der Waals surface area contributed by atoms with Gasteiger partial charge in [0.2, 0.25) is 0 Å². The Balaban J connectivity index is 2.00. The molecule has 0 saturated carbocycles. The first-order valence-electron chi connectivity index (χ1n) is 5.73. The second-order valence-corrected chi connectivity index (χ2v) is 4.03. The fourth-order valence-corrected chi connectivity index (χ4v) is 2.00. The van der Waals surface area contributed by atoms with Crippen LogP contribution in [0.4, 0.5) is 0 Å². The fraction of sp³-hybridized carbons (Fsp3) is 0. The molecule has 1 heterocycles. The van der Waals surface area contributed by atoms with Gasteiger partial charge in [-0.3, -0.25) is 0 Å². The molecular weight excluding hydrogens is 206 g/mol. The molecule has 1 aromatic heterocycles. The lowest BCUT2D eigenvalue weighted by molar-refractivity contribution is 1.47. The van der Waals surface area contributed by atoms with Gasteiger partial charge in [0, 0.05) is 6.20 Å². The molecule has 3 rings (SSSR count). The number of para-hydroxylation sites is 1. The summed E-state index contributed by atoms with van der Waals surface area (Å²) in [5.41, 5.74) is 3.63. The van der Waals surface area contributed by atoms with Crippen molar-refractivity contribution in [2.45, 2.75) is 0 Å². The zero-order valence-electron chi connectivity index (χ0n) is 9.43. The lowest BCUT2D eigenvalue weighted by Gasteiger charge is -1.97. The van der Waals surface area contributed by atoms with Crippen LogP contribution in [-0.4, -0.2) is 4.98 Å². The Labute approximate surface area is 100 Å². The Morgan fingerprint density at radius 2 is 1.65 bits per heavy atom. The molecule has 0 amide bonds. The molecule has 0 atom stereocenters. The number of H-pyrrole nitrogens is 1. The molecule has 0 spiro atoms. The van der Waals surface area contributed by atoms with Crippen molar-refractivity contribution in [3.8, 4) is 0 Å². The normalized spacial score (nSPS) is 11.3. The van der Waals surface area contributed by atoms with Crippen LogP contribution in [0.1, 0.15) is 11.1 Å². The first kappa shape index (κ1) is 9.91. The van der Waals surface area contributed by atoms with Crippen LogP contribution >= 0.6 is 0 Å². The fourth-order valence-electron chi connectivity index (χ4n) is 2.00. The predicted octanol–water partition coefficient (Wildman–Crippen LogP) is 4.34. The summed E-state index contributed by atoms with van der Waals surface area (Å²) in [6.45, 7) is 0. The monoisotopic (exact) mass is 219 g/mol. The first-order valence-corrected chi connectivity index (χ1v) is 5.73. The van der Waals surface area contributed by atoms with Crippen molar-refractivity contribution in [1.29, 1.82) is 0 Å². The van der Waals surface area contributed by atoms with Gasteiger partial charge in [0.05, 0.1) is 5.52 Å². The van der Waals surface area contributed by atoms with Gasteiger partial charge in [-0.2, -0.15) is 0 Å². The summed E-state index contributed by atoms with van der Waals surface area (Å²) in [7, 11) is 0. The van der Waals surface area contributed by atoms with Crippen LogP contribution in [0.5, 0.6) is 0 Å². The Morgan fingerprint density at radius 1 is 0.765 bits per heavy atom. The molecular formula is C16H13N. The predicted molar refractivity (Wildman–Crippen MR) is 73.7 cm³/mol. The van der Waals surface area contributed by atoms with E-state index >= 15 is 0 Å². The molecule has 17 heavy (non-hydrogen) atoms. The highest BCUT2D eigenvalue weighted by Crippen LogP contribution is 2.19. The molecule has 0 saturated heterocycles. The third-order valence-electron chi connectivity index (χ3n) is 2.87. The highest BCUT2D eigenvalue weighted by atomic mass is 14.7. The summed E-state index contributed by atoms with van der Waals surface area (Å²) < 4.78 is 0. The van der Waals surface area contributed by atoms with Gasteiger partial charge in [-0.15, -0.1) is 0 Å². The molecule has 0 fully saturated rings. The summed E-state index contributed by atoms with van der Waals surface area (Å²) in [5.74, 6) is 0. The number of nitrogens with one attached hydrogen (secondary N) is 1. The number of hydrogen-bond donors (Lipinski definition) is 1. The van der Waals surface area contributed by atoms with Crippen LogP contribution in [0.15, 0.2) is 60.8 Å². The van der Waals surface area contributed by atoms with Crippen molar-refractivity contribution in [3.63, 3.8) is 0 Å². The number of aromatic amines is 1. The van der Waals surface area contributed by atoms with E-state index in [-0.39, 0.29) is 0 Å². The average Bonchev–Trinajstić information content (AvgIpc) is 2.86. The van der Waals surface area contributed by atoms with E-state index in [2.05, 4.69) is 65.7 Å². The van der Waals surface area contributed by atoms with E-state index in [0.717, 1.165) is 0 Å². The summed E-state index contributed by atoms with van der Waals surface area (Å²) in [4.78, 5) is 3.27. The van der Waals surface area contributed by atoms with Gasteiger partial charge in [-0.05, 0) is 22.6 Å². The molecule has 0 aliphatic rings. The molecule has 1 N–H and O–H groups in total. The third kappa shape index (κ3) is 2.00. The first-order chi connectivity index (χ1) is 8.43. The summed E-state index contributed by atoms with van der Waals surface area (Å²) in [6, 6.07) is 18.8. The quantitative estimate of drug-likeness (QED) is 0.617. The number of rotatable bonds is 2. The van der Waals surface area contributed by atoms with Crippen molar-refractivity contribution in [3.05, 3.63) is 71.9 Å². The van der Waals surface area contributed by atoms with Crippen LogP contribution in [0.3, 0.4) is 0 Å². The minimum atomic E-state index is 1.19. The third-order valence-corrected chi connectivity index (χ3v) is 2.87. The lowest BCUT2D eigenvalue weighted by atomic mass is 10.1. The van der Waals surface area contributed by atoms with Crippen LogP contribution in [0.2, 0.25) is 0 Å². The Hall–Kier alpha value is -2.28. The van der Waals surface area contributed by atoms with Crippen LogP contribution in [-0.2, 0) is 0 Å². The van der Waals surface area contributed by atoms with Gasteiger partial charge in [0.25, 0.3) is 0 Å². The smallest absolute Gasteiger partial charge is 0.0527 e. The second-order valence-electron chi connectivity index (χ2n) is 4.03. The molecule has 1 heteroatoms. The van der Waals surface area contributed by atoms with Gasteiger partial charge in [-0.1, -0.05) is 60.7 Å². The average molecular weight is 219 g/mol. The van der Waals surface area contributed by atoms with Gasteiger partial charge in [-0.25, -0.2) is 0 Å². The van der Waals surface area contributed by atoms with Gasteiger partial charge in [0.1, 0.15) is 0 Å². The van der Waals surface area contributed by atoms with Crippen molar-refractivity contribution in [2.24, 2.45) is 0 Å². The van der Waals surface area contributed by atoms with Crippen molar-refractivity contribution >= 4 is 23.1 Å². The van der Waals surface area contributed by atoms with Crippen LogP contribution in [0.25, 0.3) is 23.1 Å². The summed E-state index contributed by atoms with van der Waals surface area (Å²) in [6.07, 6.45) is 6.26. The molecule has 0 unspecified atom stereocenters.